The molecule has 1 aromatic carbocycles. The average Bonchev–Trinajstić information content (AvgIpc) is 2.64. The number of methoxy groups -OCH3 is 1. The van der Waals surface area contributed by atoms with E-state index in [-0.39, 0.29) is 12.0 Å². The fourth-order valence-electron chi connectivity index (χ4n) is 2.43. The van der Waals surface area contributed by atoms with E-state index in [1.807, 2.05) is 6.92 Å². The van der Waals surface area contributed by atoms with Crippen LogP contribution in [0.25, 0.3) is 0 Å². The van der Waals surface area contributed by atoms with E-state index in [4.69, 9.17) is 9.84 Å². The average molecular weight is 249 g/mol. The van der Waals surface area contributed by atoms with Crippen LogP contribution in [0.1, 0.15) is 18.4 Å². The Hall–Kier alpha value is -2.04. The normalized spacial score (nSPS) is 26.8. The fraction of sp³-hybridized carbons (Fsp3) is 0.385. The highest BCUT2D eigenvalue weighted by Crippen LogP contribution is 2.34. The molecule has 1 amide bonds. The maximum absolute atomic E-state index is 11.6. The molecule has 0 saturated carbocycles. The molecule has 5 nitrogen and oxygen atoms in total. The summed E-state index contributed by atoms with van der Waals surface area (Å²) in [6.07, 6.45) is 0. The standard InChI is InChI=1S/C13H15NO4/c1-7-10(11(13(16)17)12(15)14-7)8-3-5-9(18-2)6-4-8/h3-7,10-11H,1-2H3,(H,14,15)(H,16,17)/t7-,10+,11+/m1/s1. The molecular weight excluding hydrogens is 234 g/mol. The van der Waals surface area contributed by atoms with Crippen molar-refractivity contribution in [2.75, 3.05) is 7.11 Å². The van der Waals surface area contributed by atoms with Crippen molar-refractivity contribution in [1.82, 2.24) is 5.32 Å². The molecular formula is C13H15NO4. The Bertz CT molecular complexity index is 468. The van der Waals surface area contributed by atoms with Gasteiger partial charge in [-0.25, -0.2) is 0 Å². The lowest BCUT2D eigenvalue weighted by Crippen LogP contribution is -2.26. The number of carbonyl (C=O) groups is 2. The molecule has 96 valence electrons. The van der Waals surface area contributed by atoms with Gasteiger partial charge in [0.2, 0.25) is 5.91 Å². The minimum absolute atomic E-state index is 0.188. The number of amides is 1. The highest BCUT2D eigenvalue weighted by molar-refractivity contribution is 6.00. The highest BCUT2D eigenvalue weighted by Gasteiger charge is 2.45. The molecule has 1 aliphatic heterocycles. The summed E-state index contributed by atoms with van der Waals surface area (Å²) in [5.41, 5.74) is 0.828. The van der Waals surface area contributed by atoms with Crippen molar-refractivity contribution >= 4 is 11.9 Å². The minimum atomic E-state index is -1.09. The van der Waals surface area contributed by atoms with Crippen molar-refractivity contribution in [1.29, 1.82) is 0 Å². The zero-order chi connectivity index (χ0) is 13.3. The van der Waals surface area contributed by atoms with Crippen LogP contribution in [0.2, 0.25) is 0 Å². The van der Waals surface area contributed by atoms with Gasteiger partial charge in [-0.3, -0.25) is 9.59 Å². The Balaban J connectivity index is 2.34. The molecule has 1 fully saturated rings. The number of hydrogen-bond acceptors (Lipinski definition) is 3. The van der Waals surface area contributed by atoms with Crippen molar-refractivity contribution in [3.05, 3.63) is 29.8 Å². The number of nitrogens with one attached hydrogen (secondary N) is 1. The van der Waals surface area contributed by atoms with Gasteiger partial charge in [0.25, 0.3) is 0 Å². The lowest BCUT2D eigenvalue weighted by molar-refractivity contribution is -0.145. The number of hydrogen-bond donors (Lipinski definition) is 2. The number of aliphatic carboxylic acids is 1. The van der Waals surface area contributed by atoms with Crippen LogP contribution < -0.4 is 10.1 Å². The summed E-state index contributed by atoms with van der Waals surface area (Å²) in [5.74, 6) is -2.17. The third-order valence-electron chi connectivity index (χ3n) is 3.32. The monoisotopic (exact) mass is 249 g/mol. The summed E-state index contributed by atoms with van der Waals surface area (Å²) < 4.78 is 5.06. The van der Waals surface area contributed by atoms with Crippen LogP contribution in [0.5, 0.6) is 5.75 Å². The van der Waals surface area contributed by atoms with E-state index in [9.17, 15) is 9.59 Å². The Kier molecular flexibility index (Phi) is 3.23. The molecule has 2 rings (SSSR count). The van der Waals surface area contributed by atoms with Gasteiger partial charge in [0.05, 0.1) is 7.11 Å². The van der Waals surface area contributed by atoms with E-state index in [2.05, 4.69) is 5.32 Å². The lowest BCUT2D eigenvalue weighted by atomic mass is 9.84. The first-order valence-corrected chi connectivity index (χ1v) is 5.71. The molecule has 0 radical (unpaired) electrons. The molecule has 1 aliphatic rings. The SMILES string of the molecule is COc1ccc([C@H]2[C@H](C(=O)O)C(=O)N[C@@H]2C)cc1. The molecule has 1 heterocycles. The van der Waals surface area contributed by atoms with Gasteiger partial charge in [-0.2, -0.15) is 0 Å². The summed E-state index contributed by atoms with van der Waals surface area (Å²) >= 11 is 0. The second kappa shape index (κ2) is 4.68. The largest absolute Gasteiger partial charge is 0.497 e. The molecule has 0 aliphatic carbocycles. The Labute approximate surface area is 105 Å². The summed E-state index contributed by atoms with van der Waals surface area (Å²) in [6, 6.07) is 6.95. The minimum Gasteiger partial charge on any atom is -0.497 e. The zero-order valence-electron chi connectivity index (χ0n) is 10.2. The summed E-state index contributed by atoms with van der Waals surface area (Å²) in [7, 11) is 1.57. The van der Waals surface area contributed by atoms with Crippen LogP contribution in [0.15, 0.2) is 24.3 Å². The molecule has 0 spiro atoms. The summed E-state index contributed by atoms with van der Waals surface area (Å²) in [4.78, 5) is 22.8. The van der Waals surface area contributed by atoms with E-state index in [1.54, 1.807) is 31.4 Å². The van der Waals surface area contributed by atoms with E-state index in [0.29, 0.717) is 5.75 Å². The van der Waals surface area contributed by atoms with Crippen LogP contribution >= 0.6 is 0 Å². The van der Waals surface area contributed by atoms with Gasteiger partial charge in [-0.1, -0.05) is 12.1 Å². The predicted molar refractivity (Wildman–Crippen MR) is 64.5 cm³/mol. The van der Waals surface area contributed by atoms with Gasteiger partial charge < -0.3 is 15.2 Å². The first-order valence-electron chi connectivity index (χ1n) is 5.71. The highest BCUT2D eigenvalue weighted by atomic mass is 16.5. The van der Waals surface area contributed by atoms with Gasteiger partial charge in [-0.05, 0) is 24.6 Å². The third-order valence-corrected chi connectivity index (χ3v) is 3.32. The van der Waals surface area contributed by atoms with E-state index >= 15 is 0 Å². The first kappa shape index (κ1) is 12.4. The van der Waals surface area contributed by atoms with Crippen LogP contribution in [0.3, 0.4) is 0 Å². The van der Waals surface area contributed by atoms with E-state index < -0.39 is 17.8 Å². The van der Waals surface area contributed by atoms with Crippen LogP contribution in [-0.4, -0.2) is 30.1 Å². The summed E-state index contributed by atoms with van der Waals surface area (Å²) in [5, 5.41) is 11.8. The Morgan fingerprint density at radius 1 is 1.33 bits per heavy atom. The number of carboxylic acids is 1. The second-order valence-electron chi connectivity index (χ2n) is 4.41. The molecule has 3 atom stereocenters. The molecule has 0 unspecified atom stereocenters. The molecule has 1 saturated heterocycles. The number of ether oxygens (including phenoxy) is 1. The van der Waals surface area contributed by atoms with Crippen LogP contribution in [-0.2, 0) is 9.59 Å². The van der Waals surface area contributed by atoms with Gasteiger partial charge in [0.1, 0.15) is 11.7 Å². The quantitative estimate of drug-likeness (QED) is 0.783. The topological polar surface area (TPSA) is 75.6 Å². The van der Waals surface area contributed by atoms with Crippen molar-refractivity contribution in [3.63, 3.8) is 0 Å². The maximum Gasteiger partial charge on any atom is 0.316 e. The van der Waals surface area contributed by atoms with E-state index in [0.717, 1.165) is 5.56 Å². The number of carboxylic acid groups (broad SMARTS) is 1. The summed E-state index contributed by atoms with van der Waals surface area (Å²) in [6.45, 7) is 1.82. The molecule has 2 N–H and O–H groups in total. The molecule has 18 heavy (non-hydrogen) atoms. The number of carbonyl (C=O) groups excluding carboxylic acids is 1. The Morgan fingerprint density at radius 3 is 2.44 bits per heavy atom. The zero-order valence-corrected chi connectivity index (χ0v) is 10.2. The van der Waals surface area contributed by atoms with Gasteiger partial charge in [0.15, 0.2) is 0 Å². The Morgan fingerprint density at radius 2 is 1.94 bits per heavy atom. The molecule has 5 heteroatoms. The lowest BCUT2D eigenvalue weighted by Gasteiger charge is -2.18. The number of rotatable bonds is 3. The fourth-order valence-corrected chi connectivity index (χ4v) is 2.43. The smallest absolute Gasteiger partial charge is 0.316 e. The van der Waals surface area contributed by atoms with Gasteiger partial charge >= 0.3 is 5.97 Å². The van der Waals surface area contributed by atoms with Crippen molar-refractivity contribution in [2.24, 2.45) is 5.92 Å². The van der Waals surface area contributed by atoms with E-state index in [1.165, 1.54) is 0 Å². The second-order valence-corrected chi connectivity index (χ2v) is 4.41. The third kappa shape index (κ3) is 2.03. The molecule has 1 aromatic rings. The maximum atomic E-state index is 11.6. The van der Waals surface area contributed by atoms with Crippen molar-refractivity contribution in [3.8, 4) is 5.75 Å². The molecule has 0 aromatic heterocycles. The van der Waals surface area contributed by atoms with Crippen molar-refractivity contribution in [2.45, 2.75) is 18.9 Å². The first-order chi connectivity index (χ1) is 8.54. The van der Waals surface area contributed by atoms with Gasteiger partial charge in [-0.15, -0.1) is 0 Å². The van der Waals surface area contributed by atoms with Gasteiger partial charge in [0, 0.05) is 12.0 Å². The van der Waals surface area contributed by atoms with Crippen molar-refractivity contribution < 1.29 is 19.4 Å². The van der Waals surface area contributed by atoms with Crippen LogP contribution in [0, 0.1) is 5.92 Å². The molecule has 0 bridgehead atoms. The van der Waals surface area contributed by atoms with Crippen LogP contribution in [0.4, 0.5) is 0 Å². The predicted octanol–water partition coefficient (Wildman–Crippen LogP) is 0.998. The number of benzene rings is 1.